The fourth-order valence-corrected chi connectivity index (χ4v) is 10.2. The van der Waals surface area contributed by atoms with Crippen molar-refractivity contribution in [3.05, 3.63) is 224 Å². The third-order valence-corrected chi connectivity index (χ3v) is 12.8. The van der Waals surface area contributed by atoms with Gasteiger partial charge in [0.1, 0.15) is 0 Å². The van der Waals surface area contributed by atoms with Crippen LogP contribution >= 0.6 is 0 Å². The molecule has 4 aromatic heterocycles. The van der Waals surface area contributed by atoms with Crippen LogP contribution in [0.25, 0.3) is 94.4 Å². The minimum Gasteiger partial charge on any atom is -0.307 e. The molecule has 0 aliphatic rings. The van der Waals surface area contributed by atoms with E-state index in [4.69, 9.17) is 15.0 Å². The van der Waals surface area contributed by atoms with Gasteiger partial charge in [0, 0.05) is 43.6 Å². The number of rotatable bonds is 7. The molecule has 9 aromatic carbocycles. The van der Waals surface area contributed by atoms with Crippen LogP contribution in [0.1, 0.15) is 0 Å². The van der Waals surface area contributed by atoms with Crippen LogP contribution in [0.2, 0.25) is 0 Å². The minimum atomic E-state index is -0.0844. The molecule has 0 radical (unpaired) electrons. The largest absolute Gasteiger partial charge is 0.307 e. The van der Waals surface area contributed by atoms with Crippen molar-refractivity contribution in [3.8, 4) is 29.0 Å². The van der Waals surface area contributed by atoms with Gasteiger partial charge in [-0.05, 0) is 36.4 Å². The molecule has 64 heavy (non-hydrogen) atoms. The molecule has 0 amide bonds. The molecule has 298 valence electrons. The fraction of sp³-hybridized carbons (Fsp3) is 0. The van der Waals surface area contributed by atoms with E-state index in [1.54, 1.807) is 0 Å². The predicted molar refractivity (Wildman–Crippen MR) is 266 cm³/mol. The van der Waals surface area contributed by atoms with Gasteiger partial charge in [0.25, 0.3) is 0 Å². The summed E-state index contributed by atoms with van der Waals surface area (Å²) in [7, 11) is 0. The highest BCUT2D eigenvalue weighted by Crippen LogP contribution is 2.41. The van der Waals surface area contributed by atoms with Gasteiger partial charge in [-0.25, -0.2) is 0 Å². The highest BCUT2D eigenvalue weighted by Gasteiger charge is 2.31. The second kappa shape index (κ2) is 14.5. The third-order valence-electron chi connectivity index (χ3n) is 12.8. The molecule has 0 saturated heterocycles. The highest BCUT2D eigenvalue weighted by atomic mass is 15.3. The quantitative estimate of drug-likeness (QED) is 0.151. The lowest BCUT2D eigenvalue weighted by atomic mass is 9.36. The first-order valence-corrected chi connectivity index (χ1v) is 21.7. The molecule has 0 spiro atoms. The van der Waals surface area contributed by atoms with E-state index in [1.807, 2.05) is 18.2 Å². The zero-order valence-corrected chi connectivity index (χ0v) is 34.6. The summed E-state index contributed by atoms with van der Waals surface area (Å²) < 4.78 is 6.94. The molecular weight excluding hydrogens is 779 g/mol. The van der Waals surface area contributed by atoms with E-state index in [1.165, 1.54) is 21.8 Å². The Hall–Kier alpha value is -8.55. The van der Waals surface area contributed by atoms with E-state index >= 15 is 0 Å². The lowest BCUT2D eigenvalue weighted by Crippen LogP contribution is -2.52. The Morgan fingerprint density at radius 3 is 1.31 bits per heavy atom. The highest BCUT2D eigenvalue weighted by molar-refractivity contribution is 6.97. The van der Waals surface area contributed by atoms with Crippen LogP contribution < -0.4 is 16.4 Å². The molecular formula is C57H37BN6. The molecule has 0 atom stereocenters. The minimum absolute atomic E-state index is 0.0844. The molecule has 0 bridgehead atoms. The Morgan fingerprint density at radius 1 is 0.328 bits per heavy atom. The Morgan fingerprint density at radius 2 is 0.750 bits per heavy atom. The van der Waals surface area contributed by atoms with Crippen molar-refractivity contribution >= 4 is 88.5 Å². The van der Waals surface area contributed by atoms with Gasteiger partial charge in [0.15, 0.2) is 5.82 Å². The first-order chi connectivity index (χ1) is 31.8. The topological polar surface area (TPSA) is 53.5 Å². The van der Waals surface area contributed by atoms with Gasteiger partial charge in [-0.15, -0.1) is 0 Å². The normalized spacial score (nSPS) is 11.8. The van der Waals surface area contributed by atoms with Gasteiger partial charge >= 0.3 is 0 Å². The van der Waals surface area contributed by atoms with Crippen LogP contribution in [0.4, 0.5) is 0 Å². The van der Waals surface area contributed by atoms with E-state index in [2.05, 4.69) is 220 Å². The van der Waals surface area contributed by atoms with Gasteiger partial charge < -0.3 is 4.57 Å². The average molecular weight is 817 g/mol. The monoisotopic (exact) mass is 816 g/mol. The number of aromatic nitrogens is 6. The maximum Gasteiger partial charge on any atom is 0.242 e. The molecule has 0 saturated carbocycles. The van der Waals surface area contributed by atoms with E-state index in [-0.39, 0.29) is 6.71 Å². The maximum atomic E-state index is 5.59. The van der Waals surface area contributed by atoms with Crippen molar-refractivity contribution in [1.29, 1.82) is 0 Å². The van der Waals surface area contributed by atoms with Gasteiger partial charge in [-0.1, -0.05) is 204 Å². The van der Waals surface area contributed by atoms with Crippen LogP contribution in [0.3, 0.4) is 0 Å². The van der Waals surface area contributed by atoms with Crippen molar-refractivity contribution in [2.45, 2.75) is 0 Å². The summed E-state index contributed by atoms with van der Waals surface area (Å²) in [6, 6.07) is 79.9. The lowest BCUT2D eigenvalue weighted by Gasteiger charge is -2.19. The lowest BCUT2D eigenvalue weighted by molar-refractivity contribution is 0.893. The number of nitrogens with zero attached hydrogens (tertiary/aromatic N) is 6. The first-order valence-electron chi connectivity index (χ1n) is 21.7. The number of hydrogen-bond acceptors (Lipinski definition) is 3. The third kappa shape index (κ3) is 5.51. The molecule has 0 aliphatic heterocycles. The van der Waals surface area contributed by atoms with Crippen LogP contribution in [0.5, 0.6) is 0 Å². The number of benzene rings is 9. The van der Waals surface area contributed by atoms with Crippen LogP contribution in [0.15, 0.2) is 224 Å². The zero-order valence-electron chi connectivity index (χ0n) is 34.6. The second-order valence-corrected chi connectivity index (χ2v) is 16.4. The van der Waals surface area contributed by atoms with Crippen molar-refractivity contribution in [3.63, 3.8) is 0 Å². The molecule has 7 heteroatoms. The first kappa shape index (κ1) is 36.1. The maximum absolute atomic E-state index is 5.59. The molecule has 0 aliphatic carbocycles. The molecule has 0 fully saturated rings. The summed E-state index contributed by atoms with van der Waals surface area (Å²) in [6.45, 7) is -0.0844. The van der Waals surface area contributed by atoms with E-state index in [0.717, 1.165) is 71.3 Å². The Bertz CT molecular complexity index is 3800. The molecule has 4 heterocycles. The summed E-state index contributed by atoms with van der Waals surface area (Å²) in [5, 5.41) is 6.89. The van der Waals surface area contributed by atoms with Crippen molar-refractivity contribution in [2.75, 3.05) is 0 Å². The Labute approximate surface area is 369 Å². The summed E-state index contributed by atoms with van der Waals surface area (Å²) in [5.74, 6) is 1.68. The van der Waals surface area contributed by atoms with Crippen molar-refractivity contribution < 1.29 is 0 Å². The molecule has 0 unspecified atom stereocenters. The summed E-state index contributed by atoms with van der Waals surface area (Å²) in [5.41, 5.74) is 12.0. The average Bonchev–Trinajstić information content (AvgIpc) is 4.01. The van der Waals surface area contributed by atoms with E-state index < -0.39 is 0 Å². The smallest absolute Gasteiger partial charge is 0.242 e. The fourth-order valence-electron chi connectivity index (χ4n) is 10.2. The van der Waals surface area contributed by atoms with E-state index in [0.29, 0.717) is 17.7 Å². The number of para-hydroxylation sites is 5. The zero-order chi connectivity index (χ0) is 42.1. The van der Waals surface area contributed by atoms with E-state index in [9.17, 15) is 0 Å². The Balaban J connectivity index is 1.25. The predicted octanol–water partition coefficient (Wildman–Crippen LogP) is 11.3. The molecule has 13 aromatic rings. The number of fused-ring (bicyclic) bond motifs is 10. The van der Waals surface area contributed by atoms with Crippen molar-refractivity contribution in [1.82, 2.24) is 28.7 Å². The summed E-state index contributed by atoms with van der Waals surface area (Å²) in [6.07, 6.45) is 0. The summed E-state index contributed by atoms with van der Waals surface area (Å²) in [4.78, 5) is 16.4. The second-order valence-electron chi connectivity index (χ2n) is 16.4. The molecule has 0 N–H and O–H groups in total. The van der Waals surface area contributed by atoms with Gasteiger partial charge in [-0.3, -0.25) is 9.13 Å². The van der Waals surface area contributed by atoms with Gasteiger partial charge in [0.05, 0.1) is 33.1 Å². The van der Waals surface area contributed by atoms with Gasteiger partial charge in [-0.2, -0.15) is 15.0 Å². The van der Waals surface area contributed by atoms with Crippen LogP contribution in [-0.4, -0.2) is 35.4 Å². The summed E-state index contributed by atoms with van der Waals surface area (Å²) >= 11 is 0. The van der Waals surface area contributed by atoms with Crippen LogP contribution in [-0.2, 0) is 0 Å². The van der Waals surface area contributed by atoms with Crippen LogP contribution in [0, 0.1) is 0 Å². The standard InChI is InChI=1S/C57H37BN6/c1-5-21-38(22-6-1)55-59-56(63-49-34-18-13-29-42(49)43-30-14-19-35-50(43)63)61-57(60-55)64-51-36-20-16-32-45(51)52-47(58(39-23-7-2-8-24-39)40-25-9-3-10-26-40)37-46-44-31-15-17-33-48(44)62(53(46)54(52)64)41-27-11-4-12-28-41/h1-37H. The van der Waals surface area contributed by atoms with Crippen molar-refractivity contribution in [2.24, 2.45) is 0 Å². The molecule has 6 nitrogen and oxygen atoms in total. The number of hydrogen-bond donors (Lipinski definition) is 0. The SMILES string of the molecule is c1ccc(B(c2ccccc2)c2cc3c4ccccc4n(-c4ccccc4)c3c3c2c2ccccc2n3-c2nc(-c3ccccc3)nc(-n3c4ccccc4c4ccccc43)n2)cc1. The Kier molecular flexibility index (Phi) is 8.21. The molecule has 13 rings (SSSR count). The van der Waals surface area contributed by atoms with Gasteiger partial charge in [0.2, 0.25) is 18.6 Å².